The third-order valence-corrected chi connectivity index (χ3v) is 9.39. The Morgan fingerprint density at radius 2 is 1.25 bits per heavy atom. The van der Waals surface area contributed by atoms with E-state index < -0.39 is 41.8 Å². The van der Waals surface area contributed by atoms with Crippen LogP contribution in [-0.2, 0) is 33.6 Å². The van der Waals surface area contributed by atoms with Gasteiger partial charge in [-0.2, -0.15) is 0 Å². The number of hydrogen-bond acceptors (Lipinski definition) is 14. The van der Waals surface area contributed by atoms with Crippen LogP contribution in [0.5, 0.6) is 0 Å². The number of carbonyl (C=O) groups is 7. The molecule has 0 amide bonds. The highest BCUT2D eigenvalue weighted by atomic mass is 16.2. The molecule has 0 spiro atoms. The summed E-state index contributed by atoms with van der Waals surface area (Å²) in [7, 11) is 0. The van der Waals surface area contributed by atoms with Gasteiger partial charge >= 0.3 is 0 Å². The molecule has 52 heavy (non-hydrogen) atoms. The molecule has 7 atom stereocenters. The normalized spacial score (nSPS) is 18.7. The van der Waals surface area contributed by atoms with E-state index in [9.17, 15) is 33.6 Å². The number of hydrazine groups is 1. The van der Waals surface area contributed by atoms with E-state index in [4.69, 9.17) is 0 Å². The van der Waals surface area contributed by atoms with Gasteiger partial charge in [0.1, 0.15) is 12.6 Å². The van der Waals surface area contributed by atoms with E-state index in [0.717, 1.165) is 32.0 Å². The van der Waals surface area contributed by atoms with E-state index >= 15 is 0 Å². The summed E-state index contributed by atoms with van der Waals surface area (Å²) in [4.78, 5) is 91.3. The molecule has 0 aromatic rings. The molecular weight excluding hydrogens is 666 g/mol. The molecule has 1 fully saturated rings. The van der Waals surface area contributed by atoms with E-state index in [1.807, 2.05) is 46.4 Å². The van der Waals surface area contributed by atoms with Gasteiger partial charge in [0.2, 0.25) is 11.6 Å². The highest BCUT2D eigenvalue weighted by Crippen LogP contribution is 2.15. The van der Waals surface area contributed by atoms with E-state index in [1.165, 1.54) is 0 Å². The molecule has 0 unspecified atom stereocenters. The lowest BCUT2D eigenvalue weighted by molar-refractivity contribution is -0.140. The number of rotatable bonds is 30. The van der Waals surface area contributed by atoms with E-state index in [0.29, 0.717) is 31.8 Å². The second-order valence-corrected chi connectivity index (χ2v) is 16.0. The predicted molar refractivity (Wildman–Crippen MR) is 202 cm³/mol. The van der Waals surface area contributed by atoms with Gasteiger partial charge in [-0.25, -0.2) is 10.9 Å². The smallest absolute Gasteiger partial charge is 0.218 e. The Labute approximate surface area is 311 Å². The number of nitrogens with zero attached hydrogens (tertiary/aromatic N) is 1. The number of aldehydes is 2. The first kappa shape index (κ1) is 47.4. The second kappa shape index (κ2) is 24.7. The van der Waals surface area contributed by atoms with Gasteiger partial charge in [-0.15, -0.1) is 0 Å². The SMILES string of the molecule is CC(C)C[C@@H](C=O)NCN[C@@H](C)C(=O)CC(=O)[C@H](CC(C)C)NN[C@@H](CC(C)C)C(=O)C(=O)[C@@H](NCC(=O)[C@H](C)NCN1CCC[C@H]1C=O)C(C)C. The Morgan fingerprint density at radius 1 is 0.673 bits per heavy atom. The van der Waals surface area contributed by atoms with E-state index in [1.54, 1.807) is 27.7 Å². The summed E-state index contributed by atoms with van der Waals surface area (Å²) in [5.41, 5.74) is 5.97. The van der Waals surface area contributed by atoms with E-state index in [-0.39, 0.29) is 66.8 Å². The molecule has 1 aliphatic rings. The third kappa shape index (κ3) is 17.5. The minimum Gasteiger partial charge on any atom is -0.302 e. The zero-order valence-corrected chi connectivity index (χ0v) is 33.4. The number of ketones is 5. The number of hydrogen-bond donors (Lipinski definition) is 6. The molecule has 14 nitrogen and oxygen atoms in total. The lowest BCUT2D eigenvalue weighted by Crippen LogP contribution is -2.57. The maximum atomic E-state index is 13.7. The zero-order chi connectivity index (χ0) is 39.5. The van der Waals surface area contributed by atoms with Crippen molar-refractivity contribution in [3.63, 3.8) is 0 Å². The van der Waals surface area contributed by atoms with Gasteiger partial charge < -0.3 is 9.59 Å². The molecule has 1 heterocycles. The van der Waals surface area contributed by atoms with Crippen LogP contribution in [0.4, 0.5) is 0 Å². The van der Waals surface area contributed by atoms with Crippen molar-refractivity contribution in [2.45, 2.75) is 150 Å². The summed E-state index contributed by atoms with van der Waals surface area (Å²) < 4.78 is 0. The van der Waals surface area contributed by atoms with Crippen molar-refractivity contribution < 1.29 is 33.6 Å². The van der Waals surface area contributed by atoms with Crippen LogP contribution < -0.4 is 32.1 Å². The van der Waals surface area contributed by atoms with Crippen molar-refractivity contribution in [1.82, 2.24) is 37.0 Å². The van der Waals surface area contributed by atoms with Crippen LogP contribution in [0, 0.1) is 23.7 Å². The molecule has 0 radical (unpaired) electrons. The van der Waals surface area contributed by atoms with Crippen molar-refractivity contribution >= 4 is 41.5 Å². The van der Waals surface area contributed by atoms with Gasteiger partial charge in [-0.05, 0) is 69.6 Å². The lowest BCUT2D eigenvalue weighted by Gasteiger charge is -2.27. The van der Waals surface area contributed by atoms with Crippen LogP contribution in [0.1, 0.15) is 108 Å². The minimum absolute atomic E-state index is 0.0325. The molecule has 0 aliphatic carbocycles. The molecule has 1 rings (SSSR count). The third-order valence-electron chi connectivity index (χ3n) is 9.39. The van der Waals surface area contributed by atoms with Gasteiger partial charge in [-0.3, -0.25) is 50.1 Å². The van der Waals surface area contributed by atoms with Gasteiger partial charge in [0.15, 0.2) is 17.3 Å². The van der Waals surface area contributed by atoms with Crippen LogP contribution in [0.25, 0.3) is 0 Å². The Hall–Kier alpha value is -2.59. The highest BCUT2D eigenvalue weighted by Gasteiger charge is 2.35. The van der Waals surface area contributed by atoms with Crippen LogP contribution in [0.15, 0.2) is 0 Å². The second-order valence-electron chi connectivity index (χ2n) is 16.0. The van der Waals surface area contributed by atoms with Crippen molar-refractivity contribution in [3.8, 4) is 0 Å². The van der Waals surface area contributed by atoms with Crippen LogP contribution in [0.2, 0.25) is 0 Å². The Bertz CT molecular complexity index is 1160. The van der Waals surface area contributed by atoms with Crippen molar-refractivity contribution in [1.29, 1.82) is 0 Å². The van der Waals surface area contributed by atoms with Crippen LogP contribution in [-0.4, -0.2) is 115 Å². The molecule has 1 saturated heterocycles. The molecule has 0 bridgehead atoms. The summed E-state index contributed by atoms with van der Waals surface area (Å²) in [6, 6.07) is -4.28. The summed E-state index contributed by atoms with van der Waals surface area (Å²) in [5, 5.41) is 12.3. The summed E-state index contributed by atoms with van der Waals surface area (Å²) in [6.45, 7) is 20.1. The molecule has 298 valence electrons. The fraction of sp³-hybridized carbons (Fsp3) is 0.816. The van der Waals surface area contributed by atoms with Gasteiger partial charge in [-0.1, -0.05) is 55.4 Å². The van der Waals surface area contributed by atoms with E-state index in [2.05, 4.69) is 32.1 Å². The van der Waals surface area contributed by atoms with Crippen LogP contribution in [0.3, 0.4) is 0 Å². The number of nitrogens with one attached hydrogen (secondary N) is 6. The van der Waals surface area contributed by atoms with Crippen molar-refractivity contribution in [2.24, 2.45) is 23.7 Å². The topological polar surface area (TPSA) is 195 Å². The number of likely N-dealkylation sites (tertiary alicyclic amines) is 1. The average Bonchev–Trinajstić information content (AvgIpc) is 3.54. The van der Waals surface area contributed by atoms with Crippen molar-refractivity contribution in [3.05, 3.63) is 0 Å². The quantitative estimate of drug-likeness (QED) is 0.0204. The summed E-state index contributed by atoms with van der Waals surface area (Å²) >= 11 is 0. The van der Waals surface area contributed by atoms with Gasteiger partial charge in [0.05, 0.1) is 55.3 Å². The molecule has 14 heteroatoms. The first-order chi connectivity index (χ1) is 24.4. The Kier molecular flexibility index (Phi) is 22.5. The van der Waals surface area contributed by atoms with Crippen LogP contribution >= 0.6 is 0 Å². The molecule has 0 saturated carbocycles. The van der Waals surface area contributed by atoms with Crippen molar-refractivity contribution in [2.75, 3.05) is 26.4 Å². The predicted octanol–water partition coefficient (Wildman–Crippen LogP) is 1.50. The number of Topliss-reactive ketones (excluding diaryl/α,β-unsaturated/α-hetero) is 5. The Balaban J connectivity index is 2.87. The van der Waals surface area contributed by atoms with Gasteiger partial charge in [0, 0.05) is 19.9 Å². The molecular formula is C38H69N7O7. The molecule has 0 aromatic carbocycles. The standard InChI is InChI=1S/C38H69N7O7/c1-23(2)14-29(19-46)41-21-40-27(9)33(48)17-34(49)31(15-24(3)4)43-44-32(16-25(5)6)37(51)38(52)36(26(7)8)39-18-35(50)28(10)42-22-45-13-11-12-30(45)20-47/h19-20,23-32,36,39-44H,11-18,21-22H2,1-10H3/t27-,28-,29-,30-,31-,32-,36-/m0/s1. The number of carbonyl (C=O) groups excluding carboxylic acids is 7. The maximum Gasteiger partial charge on any atom is 0.218 e. The summed E-state index contributed by atoms with van der Waals surface area (Å²) in [5.74, 6) is -1.97. The molecule has 6 N–H and O–H groups in total. The fourth-order valence-electron chi connectivity index (χ4n) is 6.14. The largest absolute Gasteiger partial charge is 0.302 e. The van der Waals surface area contributed by atoms with Gasteiger partial charge in [0.25, 0.3) is 0 Å². The monoisotopic (exact) mass is 736 g/mol. The summed E-state index contributed by atoms with van der Waals surface area (Å²) in [6.07, 6.45) is 4.56. The maximum absolute atomic E-state index is 13.7. The Morgan fingerprint density at radius 3 is 1.81 bits per heavy atom. The zero-order valence-electron chi connectivity index (χ0n) is 33.4. The fourth-order valence-corrected chi connectivity index (χ4v) is 6.14. The first-order valence-electron chi connectivity index (χ1n) is 19.2. The molecule has 1 aliphatic heterocycles. The highest BCUT2D eigenvalue weighted by molar-refractivity contribution is 6.41. The first-order valence-corrected chi connectivity index (χ1v) is 19.2. The lowest BCUT2D eigenvalue weighted by atomic mass is 9.91. The minimum atomic E-state index is -0.945. The molecule has 0 aromatic heterocycles. The average molecular weight is 736 g/mol.